The van der Waals surface area contributed by atoms with Gasteiger partial charge in [-0.3, -0.25) is 19.9 Å². The number of morpholine rings is 1. The van der Waals surface area contributed by atoms with Gasteiger partial charge in [-0.15, -0.1) is 0 Å². The summed E-state index contributed by atoms with van der Waals surface area (Å²) in [6.45, 7) is 5.11. The highest BCUT2D eigenvalue weighted by Gasteiger charge is 2.25. The summed E-state index contributed by atoms with van der Waals surface area (Å²) < 4.78 is 11.4. The lowest BCUT2D eigenvalue weighted by Crippen LogP contribution is -2.37. The van der Waals surface area contributed by atoms with E-state index in [1.54, 1.807) is 24.5 Å². The fourth-order valence-corrected chi connectivity index (χ4v) is 4.29. The van der Waals surface area contributed by atoms with Gasteiger partial charge in [-0.1, -0.05) is 0 Å². The topological polar surface area (TPSA) is 97.6 Å². The number of carbonyl (C=O) groups is 2. The third-order valence-electron chi connectivity index (χ3n) is 5.03. The Bertz CT molecular complexity index is 1200. The third-order valence-corrected chi connectivity index (χ3v) is 5.84. The molecule has 0 unspecified atom stereocenters. The third kappa shape index (κ3) is 3.46. The molecule has 2 fully saturated rings. The molecule has 8 nitrogen and oxygen atoms in total. The molecule has 0 aliphatic carbocycles. The van der Waals surface area contributed by atoms with Crippen LogP contribution < -0.4 is 10.2 Å². The molecule has 0 saturated carbocycles. The average Bonchev–Trinajstić information content (AvgIpc) is 3.30. The van der Waals surface area contributed by atoms with Crippen LogP contribution in [0.5, 0.6) is 0 Å². The van der Waals surface area contributed by atoms with Crippen molar-refractivity contribution in [3.05, 3.63) is 47.0 Å². The Morgan fingerprint density at radius 3 is 2.73 bits per heavy atom. The highest BCUT2D eigenvalue weighted by molar-refractivity contribution is 8.18. The largest absolute Gasteiger partial charge is 0.456 e. The molecule has 152 valence electrons. The molecule has 2 saturated heterocycles. The Hall–Kier alpha value is -3.17. The van der Waals surface area contributed by atoms with Gasteiger partial charge in [0, 0.05) is 54.3 Å². The molecule has 0 atom stereocenters. The van der Waals surface area contributed by atoms with E-state index in [9.17, 15) is 9.59 Å². The summed E-state index contributed by atoms with van der Waals surface area (Å²) in [5.74, 6) is 1.03. The summed E-state index contributed by atoms with van der Waals surface area (Å²) in [7, 11) is 0. The van der Waals surface area contributed by atoms with E-state index in [4.69, 9.17) is 9.15 Å². The maximum absolute atomic E-state index is 11.8. The number of carbonyl (C=O) groups excluding carboxylic acids is 2. The standard InChI is InChI=1S/C21H18N4O4S/c1-12-6-13(10-23-19(12)25-2-4-28-5-3-25)16-11-22-9-14-7-15(29-18(14)16)8-17-20(26)24-21(27)30-17/h6-11H,2-5H2,1H3,(H,24,26,27)/b17-8+. The quantitative estimate of drug-likeness (QED) is 0.642. The van der Waals surface area contributed by atoms with Crippen LogP contribution in [0.25, 0.3) is 28.2 Å². The van der Waals surface area contributed by atoms with Crippen molar-refractivity contribution in [2.75, 3.05) is 31.2 Å². The van der Waals surface area contributed by atoms with Crippen LogP contribution in [-0.2, 0) is 9.53 Å². The lowest BCUT2D eigenvalue weighted by Gasteiger charge is -2.29. The second kappa shape index (κ2) is 7.58. The molecule has 9 heteroatoms. The number of nitrogens with one attached hydrogen (secondary N) is 1. The number of amides is 2. The van der Waals surface area contributed by atoms with Gasteiger partial charge < -0.3 is 14.1 Å². The predicted octanol–water partition coefficient (Wildman–Crippen LogP) is 3.36. The SMILES string of the molecule is Cc1cc(-c2cncc3cc(/C=C4/SC(=O)NC4=O)oc23)cnc1N1CCOCC1. The van der Waals surface area contributed by atoms with Crippen molar-refractivity contribution in [3.63, 3.8) is 0 Å². The summed E-state index contributed by atoms with van der Waals surface area (Å²) in [6.07, 6.45) is 6.85. The molecule has 3 aromatic rings. The van der Waals surface area contributed by atoms with Gasteiger partial charge in [0.15, 0.2) is 0 Å². The number of rotatable bonds is 3. The first-order chi connectivity index (χ1) is 14.6. The maximum atomic E-state index is 11.8. The van der Waals surface area contributed by atoms with E-state index in [1.165, 1.54) is 0 Å². The van der Waals surface area contributed by atoms with Crippen molar-refractivity contribution in [2.45, 2.75) is 6.92 Å². The minimum absolute atomic E-state index is 0.306. The first-order valence-corrected chi connectivity index (χ1v) is 10.3. The fourth-order valence-electron chi connectivity index (χ4n) is 3.63. The number of fused-ring (bicyclic) bond motifs is 1. The van der Waals surface area contributed by atoms with Crippen LogP contribution in [0.2, 0.25) is 0 Å². The van der Waals surface area contributed by atoms with Crippen LogP contribution in [0.3, 0.4) is 0 Å². The number of aryl methyl sites for hydroxylation is 1. The number of hydrogen-bond acceptors (Lipinski definition) is 8. The van der Waals surface area contributed by atoms with Gasteiger partial charge in [0.1, 0.15) is 17.2 Å². The number of aromatic nitrogens is 2. The van der Waals surface area contributed by atoms with Crippen LogP contribution >= 0.6 is 11.8 Å². The number of thioether (sulfide) groups is 1. The van der Waals surface area contributed by atoms with Crippen LogP contribution in [0.4, 0.5) is 10.6 Å². The van der Waals surface area contributed by atoms with Gasteiger partial charge in [0.05, 0.1) is 18.1 Å². The maximum Gasteiger partial charge on any atom is 0.290 e. The molecule has 2 aliphatic rings. The van der Waals surface area contributed by atoms with Crippen molar-refractivity contribution >= 4 is 45.8 Å². The molecule has 0 spiro atoms. The zero-order chi connectivity index (χ0) is 20.7. The van der Waals surface area contributed by atoms with Crippen molar-refractivity contribution < 1.29 is 18.7 Å². The summed E-state index contributed by atoms with van der Waals surface area (Å²) in [4.78, 5) is 34.7. The number of nitrogens with zero attached hydrogens (tertiary/aromatic N) is 3. The molecule has 2 aliphatic heterocycles. The van der Waals surface area contributed by atoms with Gasteiger partial charge in [-0.2, -0.15) is 0 Å². The smallest absolute Gasteiger partial charge is 0.290 e. The summed E-state index contributed by atoms with van der Waals surface area (Å²) in [6, 6.07) is 3.88. The van der Waals surface area contributed by atoms with Gasteiger partial charge in [-0.25, -0.2) is 4.98 Å². The molecule has 2 amide bonds. The van der Waals surface area contributed by atoms with Gasteiger partial charge in [-0.05, 0) is 36.4 Å². The number of hydrogen-bond donors (Lipinski definition) is 1. The van der Waals surface area contributed by atoms with Crippen molar-refractivity contribution in [1.82, 2.24) is 15.3 Å². The predicted molar refractivity (Wildman–Crippen MR) is 114 cm³/mol. The first kappa shape index (κ1) is 18.8. The van der Waals surface area contributed by atoms with Crippen LogP contribution in [-0.4, -0.2) is 47.4 Å². The van der Waals surface area contributed by atoms with E-state index in [0.717, 1.165) is 52.7 Å². The molecule has 5 rings (SSSR count). The Morgan fingerprint density at radius 2 is 2.00 bits per heavy atom. The minimum atomic E-state index is -0.415. The van der Waals surface area contributed by atoms with Crippen LogP contribution in [0.1, 0.15) is 11.3 Å². The van der Waals surface area contributed by atoms with E-state index in [-0.39, 0.29) is 5.24 Å². The van der Waals surface area contributed by atoms with Gasteiger partial charge >= 0.3 is 0 Å². The highest BCUT2D eigenvalue weighted by atomic mass is 32.2. The zero-order valence-electron chi connectivity index (χ0n) is 16.2. The lowest BCUT2D eigenvalue weighted by atomic mass is 10.1. The van der Waals surface area contributed by atoms with Crippen LogP contribution in [0.15, 0.2) is 40.0 Å². The summed E-state index contributed by atoms with van der Waals surface area (Å²) >= 11 is 0.858. The molecule has 1 N–H and O–H groups in total. The average molecular weight is 422 g/mol. The minimum Gasteiger partial charge on any atom is -0.456 e. The highest BCUT2D eigenvalue weighted by Crippen LogP contribution is 2.34. The summed E-state index contributed by atoms with van der Waals surface area (Å²) in [5, 5.41) is 2.67. The van der Waals surface area contributed by atoms with E-state index < -0.39 is 5.91 Å². The molecule has 0 aromatic carbocycles. The normalized spacial score (nSPS) is 18.4. The lowest BCUT2D eigenvalue weighted by molar-refractivity contribution is -0.115. The molecule has 0 radical (unpaired) electrons. The summed E-state index contributed by atoms with van der Waals surface area (Å²) in [5.41, 5.74) is 3.45. The van der Waals surface area contributed by atoms with Crippen molar-refractivity contribution in [2.24, 2.45) is 0 Å². The number of anilines is 1. The fraction of sp³-hybridized carbons (Fsp3) is 0.238. The first-order valence-electron chi connectivity index (χ1n) is 9.50. The van der Waals surface area contributed by atoms with Gasteiger partial charge in [0.25, 0.3) is 11.1 Å². The van der Waals surface area contributed by atoms with Crippen molar-refractivity contribution in [1.29, 1.82) is 0 Å². The van der Waals surface area contributed by atoms with E-state index in [1.807, 2.05) is 13.1 Å². The number of furan rings is 1. The number of imide groups is 1. The van der Waals surface area contributed by atoms with Crippen molar-refractivity contribution in [3.8, 4) is 11.1 Å². The van der Waals surface area contributed by atoms with Gasteiger partial charge in [0.2, 0.25) is 0 Å². The molecular weight excluding hydrogens is 404 g/mol. The molecule has 0 bridgehead atoms. The molecule has 5 heterocycles. The van der Waals surface area contributed by atoms with E-state index in [0.29, 0.717) is 29.5 Å². The van der Waals surface area contributed by atoms with E-state index in [2.05, 4.69) is 26.3 Å². The van der Waals surface area contributed by atoms with Crippen LogP contribution in [0, 0.1) is 6.92 Å². The molecular formula is C21H18N4O4S. The Balaban J connectivity index is 1.51. The second-order valence-electron chi connectivity index (χ2n) is 7.07. The Morgan fingerprint density at radius 1 is 1.17 bits per heavy atom. The monoisotopic (exact) mass is 422 g/mol. The molecule has 30 heavy (non-hydrogen) atoms. The number of ether oxygens (including phenoxy) is 1. The second-order valence-corrected chi connectivity index (χ2v) is 8.09. The Labute approximate surface area is 176 Å². The molecule has 3 aromatic heterocycles. The number of pyridine rings is 2. The Kier molecular flexibility index (Phi) is 4.76. The zero-order valence-corrected chi connectivity index (χ0v) is 17.0. The van der Waals surface area contributed by atoms with E-state index >= 15 is 0 Å².